The van der Waals surface area contributed by atoms with Gasteiger partial charge in [0, 0.05) is 24.7 Å². The van der Waals surface area contributed by atoms with E-state index in [2.05, 4.69) is 31.7 Å². The summed E-state index contributed by atoms with van der Waals surface area (Å²) in [5.41, 5.74) is 0.824. The lowest BCUT2D eigenvalue weighted by Gasteiger charge is -2.08. The van der Waals surface area contributed by atoms with Crippen LogP contribution >= 0.6 is 11.3 Å². The predicted octanol–water partition coefficient (Wildman–Crippen LogP) is 4.69. The Bertz CT molecular complexity index is 1140. The third-order valence-corrected chi connectivity index (χ3v) is 5.40. The van der Waals surface area contributed by atoms with E-state index in [0.717, 1.165) is 32.2 Å². The van der Waals surface area contributed by atoms with Crippen molar-refractivity contribution in [3.8, 4) is 10.6 Å². The largest absolute Gasteiger partial charge is 0.347 e. The molecule has 1 unspecified atom stereocenters. The van der Waals surface area contributed by atoms with Gasteiger partial charge >= 0.3 is 0 Å². The van der Waals surface area contributed by atoms with Gasteiger partial charge in [-0.05, 0) is 30.5 Å². The van der Waals surface area contributed by atoms with Crippen LogP contribution in [0.25, 0.3) is 21.3 Å². The van der Waals surface area contributed by atoms with Crippen LogP contribution in [0.4, 0.5) is 11.6 Å². The Hall–Kier alpha value is -3.32. The minimum absolute atomic E-state index is 0.0727. The molecule has 4 aromatic rings. The van der Waals surface area contributed by atoms with Crippen molar-refractivity contribution in [1.29, 1.82) is 0 Å². The monoisotopic (exact) mass is 389 g/mol. The number of amides is 1. The van der Waals surface area contributed by atoms with Crippen LogP contribution in [0.15, 0.2) is 60.9 Å². The molecule has 1 amide bonds. The number of rotatable bonds is 5. The Balaban J connectivity index is 1.56. The highest BCUT2D eigenvalue weighted by Crippen LogP contribution is 2.29. The Labute approximate surface area is 166 Å². The van der Waals surface area contributed by atoms with Crippen LogP contribution < -0.4 is 10.6 Å². The molecule has 6 nitrogen and oxygen atoms in total. The summed E-state index contributed by atoms with van der Waals surface area (Å²) in [6, 6.07) is 15.8. The summed E-state index contributed by atoms with van der Waals surface area (Å²) in [5, 5.41) is 9.18. The summed E-state index contributed by atoms with van der Waals surface area (Å²) < 4.78 is 0. The molecule has 0 fully saturated rings. The van der Waals surface area contributed by atoms with Gasteiger partial charge in [-0.1, -0.05) is 30.3 Å². The van der Waals surface area contributed by atoms with Gasteiger partial charge in [-0.2, -0.15) is 0 Å². The van der Waals surface area contributed by atoms with Crippen LogP contribution in [0.5, 0.6) is 0 Å². The molecule has 0 aliphatic rings. The first kappa shape index (κ1) is 18.1. The van der Waals surface area contributed by atoms with Crippen molar-refractivity contribution in [3.63, 3.8) is 0 Å². The zero-order valence-electron chi connectivity index (χ0n) is 15.5. The quantitative estimate of drug-likeness (QED) is 0.517. The Morgan fingerprint density at radius 3 is 2.64 bits per heavy atom. The molecule has 0 saturated heterocycles. The van der Waals surface area contributed by atoms with E-state index in [4.69, 9.17) is 0 Å². The highest BCUT2D eigenvalue weighted by Gasteiger charge is 2.13. The Kier molecular flexibility index (Phi) is 4.99. The van der Waals surface area contributed by atoms with Crippen molar-refractivity contribution in [3.05, 3.63) is 65.9 Å². The number of pyridine rings is 2. The summed E-state index contributed by atoms with van der Waals surface area (Å²) in [6.45, 7) is 3.42. The first-order chi connectivity index (χ1) is 13.6. The molecule has 0 aliphatic carbocycles. The molecule has 0 radical (unpaired) electrons. The van der Waals surface area contributed by atoms with Crippen LogP contribution in [0.2, 0.25) is 0 Å². The van der Waals surface area contributed by atoms with E-state index in [1.807, 2.05) is 55.6 Å². The molecule has 0 aliphatic heterocycles. The molecule has 1 aromatic carbocycles. The second-order valence-corrected chi connectivity index (χ2v) is 7.50. The lowest BCUT2D eigenvalue weighted by molar-refractivity contribution is -0.119. The van der Waals surface area contributed by atoms with Crippen molar-refractivity contribution < 1.29 is 4.79 Å². The topological polar surface area (TPSA) is 79.8 Å². The van der Waals surface area contributed by atoms with Gasteiger partial charge in [0.05, 0.1) is 16.6 Å². The fourth-order valence-corrected chi connectivity index (χ4v) is 3.79. The first-order valence-electron chi connectivity index (χ1n) is 8.90. The second-order valence-electron chi connectivity index (χ2n) is 6.43. The normalized spacial score (nSPS) is 11.9. The maximum Gasteiger partial charge on any atom is 0.217 e. The van der Waals surface area contributed by atoms with Crippen LogP contribution in [-0.2, 0) is 4.79 Å². The highest BCUT2D eigenvalue weighted by molar-refractivity contribution is 7.15. The van der Waals surface area contributed by atoms with E-state index in [1.165, 1.54) is 18.3 Å². The maximum absolute atomic E-state index is 11.2. The summed E-state index contributed by atoms with van der Waals surface area (Å²) in [4.78, 5) is 25.8. The molecular weight excluding hydrogens is 370 g/mol. The SMILES string of the molecule is CC(=O)NC(C)c1ncc(-c2cccc(Nc3cc4ccccc4cn3)n2)s1. The zero-order valence-corrected chi connectivity index (χ0v) is 16.3. The van der Waals surface area contributed by atoms with E-state index < -0.39 is 0 Å². The molecular formula is C21H19N5OS. The molecule has 2 N–H and O–H groups in total. The first-order valence-corrected chi connectivity index (χ1v) is 9.72. The number of aromatic nitrogens is 3. The smallest absolute Gasteiger partial charge is 0.217 e. The number of nitrogens with one attached hydrogen (secondary N) is 2. The number of thiazole rings is 1. The third kappa shape index (κ3) is 3.99. The fraction of sp³-hybridized carbons (Fsp3) is 0.143. The van der Waals surface area contributed by atoms with Gasteiger partial charge in [-0.25, -0.2) is 15.0 Å². The molecule has 28 heavy (non-hydrogen) atoms. The van der Waals surface area contributed by atoms with Crippen LogP contribution in [-0.4, -0.2) is 20.9 Å². The van der Waals surface area contributed by atoms with E-state index >= 15 is 0 Å². The van der Waals surface area contributed by atoms with E-state index in [9.17, 15) is 4.79 Å². The van der Waals surface area contributed by atoms with Crippen LogP contribution in [0, 0.1) is 0 Å². The van der Waals surface area contributed by atoms with Gasteiger partial charge in [0.2, 0.25) is 5.91 Å². The minimum Gasteiger partial charge on any atom is -0.347 e. The average Bonchev–Trinajstić information content (AvgIpc) is 3.18. The van der Waals surface area contributed by atoms with E-state index in [-0.39, 0.29) is 11.9 Å². The van der Waals surface area contributed by atoms with Gasteiger partial charge < -0.3 is 10.6 Å². The zero-order chi connectivity index (χ0) is 19.5. The van der Waals surface area contributed by atoms with Gasteiger partial charge in [0.1, 0.15) is 16.6 Å². The lowest BCUT2D eigenvalue weighted by Crippen LogP contribution is -2.23. The lowest BCUT2D eigenvalue weighted by atomic mass is 10.2. The molecule has 1 atom stereocenters. The predicted molar refractivity (Wildman–Crippen MR) is 113 cm³/mol. The van der Waals surface area contributed by atoms with Crippen molar-refractivity contribution in [2.45, 2.75) is 19.9 Å². The standard InChI is InChI=1S/C21H19N5OS/c1-13(24-14(2)27)21-23-12-18(28-21)17-8-5-9-19(25-17)26-20-10-15-6-3-4-7-16(15)11-22-20/h3-13H,1-2H3,(H,24,27)(H,22,25,26). The van der Waals surface area contributed by atoms with Crippen molar-refractivity contribution >= 4 is 39.7 Å². The van der Waals surface area contributed by atoms with Crippen molar-refractivity contribution in [2.24, 2.45) is 0 Å². The summed E-state index contributed by atoms with van der Waals surface area (Å²) >= 11 is 1.52. The van der Waals surface area contributed by atoms with E-state index in [0.29, 0.717) is 5.82 Å². The molecule has 140 valence electrons. The summed E-state index contributed by atoms with van der Waals surface area (Å²) in [6.07, 6.45) is 3.64. The number of hydrogen-bond acceptors (Lipinski definition) is 6. The van der Waals surface area contributed by atoms with Gasteiger partial charge in [-0.15, -0.1) is 11.3 Å². The number of hydrogen-bond donors (Lipinski definition) is 2. The molecule has 0 saturated carbocycles. The second kappa shape index (κ2) is 7.74. The average molecular weight is 389 g/mol. The molecule has 3 heterocycles. The van der Waals surface area contributed by atoms with Crippen molar-refractivity contribution in [1.82, 2.24) is 20.3 Å². The van der Waals surface area contributed by atoms with Crippen LogP contribution in [0.3, 0.4) is 0 Å². The number of anilines is 2. The Morgan fingerprint density at radius 2 is 1.82 bits per heavy atom. The van der Waals surface area contributed by atoms with Gasteiger partial charge in [0.25, 0.3) is 0 Å². The van der Waals surface area contributed by atoms with E-state index in [1.54, 1.807) is 6.20 Å². The maximum atomic E-state index is 11.2. The number of benzene rings is 1. The number of nitrogens with zero attached hydrogens (tertiary/aromatic N) is 3. The summed E-state index contributed by atoms with van der Waals surface area (Å²) in [5.74, 6) is 1.38. The Morgan fingerprint density at radius 1 is 1.00 bits per heavy atom. The minimum atomic E-state index is -0.126. The third-order valence-electron chi connectivity index (χ3n) is 4.20. The molecule has 7 heteroatoms. The van der Waals surface area contributed by atoms with Gasteiger partial charge in [0.15, 0.2) is 0 Å². The van der Waals surface area contributed by atoms with Gasteiger partial charge in [-0.3, -0.25) is 4.79 Å². The summed E-state index contributed by atoms with van der Waals surface area (Å²) in [7, 11) is 0. The number of fused-ring (bicyclic) bond motifs is 1. The molecule has 3 aromatic heterocycles. The van der Waals surface area contributed by atoms with Crippen LogP contribution in [0.1, 0.15) is 24.9 Å². The molecule has 4 rings (SSSR count). The highest BCUT2D eigenvalue weighted by atomic mass is 32.1. The molecule has 0 bridgehead atoms. The van der Waals surface area contributed by atoms with Crippen molar-refractivity contribution in [2.75, 3.05) is 5.32 Å². The fourth-order valence-electron chi connectivity index (χ4n) is 2.90. The number of carbonyl (C=O) groups excluding carboxylic acids is 1. The molecule has 0 spiro atoms. The number of carbonyl (C=O) groups is 1.